The van der Waals surface area contributed by atoms with E-state index in [9.17, 15) is 0 Å². The molecule has 0 saturated carbocycles. The summed E-state index contributed by atoms with van der Waals surface area (Å²) < 4.78 is 8.39. The van der Waals surface area contributed by atoms with Crippen molar-refractivity contribution in [3.63, 3.8) is 0 Å². The Labute approximate surface area is 175 Å². The highest BCUT2D eigenvalue weighted by Crippen LogP contribution is 2.30. The fourth-order valence-electron chi connectivity index (χ4n) is 2.72. The molecule has 0 aliphatic heterocycles. The Morgan fingerprint density at radius 2 is 1.75 bits per heavy atom. The van der Waals surface area contributed by atoms with Gasteiger partial charge in [-0.25, -0.2) is 0 Å². The number of ether oxygens (including phenoxy) is 1. The smallest absolute Gasteiger partial charge is 0.196 e. The van der Waals surface area contributed by atoms with Gasteiger partial charge in [0.25, 0.3) is 0 Å². The van der Waals surface area contributed by atoms with Crippen molar-refractivity contribution in [3.8, 4) is 23.0 Å². The highest BCUT2D eigenvalue weighted by molar-refractivity contribution is 9.10. The van der Waals surface area contributed by atoms with Gasteiger partial charge in [-0.3, -0.25) is 9.55 Å². The van der Waals surface area contributed by atoms with Crippen LogP contribution in [-0.4, -0.2) is 26.9 Å². The fourth-order valence-corrected chi connectivity index (χ4v) is 3.89. The average Bonchev–Trinajstić information content (AvgIpc) is 3.18. The van der Waals surface area contributed by atoms with Crippen LogP contribution in [0.4, 0.5) is 0 Å². The van der Waals surface area contributed by atoms with E-state index >= 15 is 0 Å². The molecule has 0 bridgehead atoms. The molecule has 0 spiro atoms. The Bertz CT molecular complexity index is 1050. The van der Waals surface area contributed by atoms with Crippen molar-refractivity contribution < 1.29 is 4.74 Å². The Balaban J connectivity index is 1.71. The van der Waals surface area contributed by atoms with Crippen LogP contribution in [-0.2, 0) is 5.75 Å². The Hall–Kier alpha value is -2.64. The molecule has 4 rings (SSSR count). The number of halogens is 1. The van der Waals surface area contributed by atoms with Crippen LogP contribution in [0.3, 0.4) is 0 Å². The Morgan fingerprint density at radius 3 is 2.43 bits per heavy atom. The third-order valence-corrected chi connectivity index (χ3v) is 5.67. The monoisotopic (exact) mass is 452 g/mol. The van der Waals surface area contributed by atoms with Crippen LogP contribution in [0, 0.1) is 0 Å². The largest absolute Gasteiger partial charge is 0.497 e. The Morgan fingerprint density at radius 1 is 0.964 bits per heavy atom. The van der Waals surface area contributed by atoms with Gasteiger partial charge in [0.1, 0.15) is 11.4 Å². The minimum atomic E-state index is 0.712. The van der Waals surface area contributed by atoms with Gasteiger partial charge in [0, 0.05) is 16.4 Å². The summed E-state index contributed by atoms with van der Waals surface area (Å²) >= 11 is 5.12. The van der Waals surface area contributed by atoms with Gasteiger partial charge >= 0.3 is 0 Å². The van der Waals surface area contributed by atoms with Gasteiger partial charge in [-0.2, -0.15) is 0 Å². The van der Waals surface area contributed by atoms with Crippen LogP contribution >= 0.6 is 27.7 Å². The number of aromatic nitrogens is 4. The lowest BCUT2D eigenvalue weighted by Crippen LogP contribution is -2.01. The number of nitrogens with zero attached hydrogens (tertiary/aromatic N) is 4. The van der Waals surface area contributed by atoms with Crippen LogP contribution in [0.15, 0.2) is 82.6 Å². The van der Waals surface area contributed by atoms with Gasteiger partial charge in [0.05, 0.1) is 12.8 Å². The van der Waals surface area contributed by atoms with Crippen molar-refractivity contribution in [3.05, 3.63) is 83.0 Å². The molecular formula is C21H17BrN4OS. The summed E-state index contributed by atoms with van der Waals surface area (Å²) in [6.07, 6.45) is 1.76. The molecular weight excluding hydrogens is 436 g/mol. The lowest BCUT2D eigenvalue weighted by molar-refractivity contribution is 0.414. The van der Waals surface area contributed by atoms with Gasteiger partial charge in [0.2, 0.25) is 0 Å². The van der Waals surface area contributed by atoms with E-state index in [-0.39, 0.29) is 0 Å². The summed E-state index contributed by atoms with van der Waals surface area (Å²) in [4.78, 5) is 4.45. The molecule has 0 N–H and O–H groups in total. The van der Waals surface area contributed by atoms with Crippen LogP contribution in [0.5, 0.6) is 5.75 Å². The van der Waals surface area contributed by atoms with E-state index in [1.807, 2.05) is 59.2 Å². The van der Waals surface area contributed by atoms with Crippen LogP contribution in [0.2, 0.25) is 0 Å². The molecule has 0 aliphatic rings. The van der Waals surface area contributed by atoms with E-state index in [4.69, 9.17) is 4.74 Å². The number of rotatable bonds is 6. The first-order valence-corrected chi connectivity index (χ1v) is 10.4. The van der Waals surface area contributed by atoms with Gasteiger partial charge in [-0.05, 0) is 54.1 Å². The van der Waals surface area contributed by atoms with Gasteiger partial charge in [-0.1, -0.05) is 45.9 Å². The molecule has 5 nitrogen and oxygen atoms in total. The van der Waals surface area contributed by atoms with Crippen molar-refractivity contribution >= 4 is 27.7 Å². The number of benzene rings is 2. The first kappa shape index (κ1) is 18.7. The van der Waals surface area contributed by atoms with Crippen molar-refractivity contribution in [2.24, 2.45) is 0 Å². The quantitative estimate of drug-likeness (QED) is 0.367. The zero-order chi connectivity index (χ0) is 19.3. The molecule has 0 unspecified atom stereocenters. The second kappa shape index (κ2) is 8.58. The summed E-state index contributed by atoms with van der Waals surface area (Å²) in [5.41, 5.74) is 2.96. The van der Waals surface area contributed by atoms with E-state index in [1.165, 1.54) is 5.56 Å². The number of pyridine rings is 1. The SMILES string of the molecule is COc1ccc(-n2c(SCc3ccc(Br)cc3)nnc2-c2ccccn2)cc1. The van der Waals surface area contributed by atoms with E-state index in [1.54, 1.807) is 25.1 Å². The van der Waals surface area contributed by atoms with Gasteiger partial charge in [-0.15, -0.1) is 10.2 Å². The molecule has 0 aliphatic carbocycles. The molecule has 2 heterocycles. The number of hydrogen-bond donors (Lipinski definition) is 0. The molecule has 0 radical (unpaired) electrons. The molecule has 140 valence electrons. The first-order chi connectivity index (χ1) is 13.7. The molecule has 0 amide bonds. The van der Waals surface area contributed by atoms with Crippen LogP contribution in [0.25, 0.3) is 17.2 Å². The molecule has 4 aromatic rings. The third kappa shape index (κ3) is 4.10. The summed E-state index contributed by atoms with van der Waals surface area (Å²) in [7, 11) is 1.66. The molecule has 2 aromatic heterocycles. The summed E-state index contributed by atoms with van der Waals surface area (Å²) in [6, 6.07) is 21.9. The standard InChI is InChI=1S/C21H17BrN4OS/c1-27-18-11-9-17(10-12-18)26-20(19-4-2-3-13-23-19)24-25-21(26)28-14-15-5-7-16(22)8-6-15/h2-13H,14H2,1H3. The summed E-state index contributed by atoms with van der Waals surface area (Å²) in [5.74, 6) is 2.31. The molecule has 0 saturated heterocycles. The topological polar surface area (TPSA) is 52.8 Å². The predicted molar refractivity (Wildman–Crippen MR) is 115 cm³/mol. The highest BCUT2D eigenvalue weighted by Gasteiger charge is 2.17. The van der Waals surface area contributed by atoms with Gasteiger partial charge < -0.3 is 4.74 Å². The number of hydrogen-bond acceptors (Lipinski definition) is 5. The van der Waals surface area contributed by atoms with E-state index in [2.05, 4.69) is 43.2 Å². The zero-order valence-electron chi connectivity index (χ0n) is 15.1. The zero-order valence-corrected chi connectivity index (χ0v) is 17.5. The van der Waals surface area contributed by atoms with Crippen LogP contribution in [0.1, 0.15) is 5.56 Å². The first-order valence-electron chi connectivity index (χ1n) is 8.63. The van der Waals surface area contributed by atoms with E-state index < -0.39 is 0 Å². The fraction of sp³-hybridized carbons (Fsp3) is 0.0952. The Kier molecular flexibility index (Phi) is 5.73. The van der Waals surface area contributed by atoms with Gasteiger partial charge in [0.15, 0.2) is 11.0 Å². The number of thioether (sulfide) groups is 1. The van der Waals surface area contributed by atoms with Crippen LogP contribution < -0.4 is 4.74 Å². The molecule has 28 heavy (non-hydrogen) atoms. The van der Waals surface area contributed by atoms with Crippen molar-refractivity contribution in [1.82, 2.24) is 19.7 Å². The molecule has 2 aromatic carbocycles. The van der Waals surface area contributed by atoms with E-state index in [0.29, 0.717) is 5.82 Å². The molecule has 7 heteroatoms. The lowest BCUT2D eigenvalue weighted by Gasteiger charge is -2.11. The molecule has 0 atom stereocenters. The second-order valence-electron chi connectivity index (χ2n) is 5.97. The summed E-state index contributed by atoms with van der Waals surface area (Å²) in [6.45, 7) is 0. The second-order valence-corrected chi connectivity index (χ2v) is 7.83. The highest BCUT2D eigenvalue weighted by atomic mass is 79.9. The predicted octanol–water partition coefficient (Wildman–Crippen LogP) is 5.39. The lowest BCUT2D eigenvalue weighted by atomic mass is 10.2. The van der Waals surface area contributed by atoms with E-state index in [0.717, 1.165) is 32.5 Å². The maximum atomic E-state index is 5.28. The van der Waals surface area contributed by atoms with Crippen molar-refractivity contribution in [2.75, 3.05) is 7.11 Å². The van der Waals surface area contributed by atoms with Crippen molar-refractivity contribution in [2.45, 2.75) is 10.9 Å². The third-order valence-electron chi connectivity index (χ3n) is 4.14. The van der Waals surface area contributed by atoms with Crippen molar-refractivity contribution in [1.29, 1.82) is 0 Å². The minimum absolute atomic E-state index is 0.712. The summed E-state index contributed by atoms with van der Waals surface area (Å²) in [5, 5.41) is 9.68. The normalized spacial score (nSPS) is 10.8. The maximum absolute atomic E-state index is 5.28. The minimum Gasteiger partial charge on any atom is -0.497 e. The molecule has 0 fully saturated rings. The maximum Gasteiger partial charge on any atom is 0.196 e. The number of methoxy groups -OCH3 is 1. The average molecular weight is 453 g/mol.